The van der Waals surface area contributed by atoms with Crippen molar-refractivity contribution in [2.75, 3.05) is 5.32 Å². The highest BCUT2D eigenvalue weighted by atomic mass is 19.1. The highest BCUT2D eigenvalue weighted by Gasteiger charge is 2.18. The summed E-state index contributed by atoms with van der Waals surface area (Å²) in [6, 6.07) is 16.1. The zero-order valence-corrected chi connectivity index (χ0v) is 14.7. The Labute approximate surface area is 155 Å². The highest BCUT2D eigenvalue weighted by molar-refractivity contribution is 5.98. The molecule has 6 heteroatoms. The number of aryl methyl sites for hydroxylation is 1. The van der Waals surface area contributed by atoms with Crippen molar-refractivity contribution >= 4 is 17.4 Å². The normalized spacial score (nSPS) is 10.9. The van der Waals surface area contributed by atoms with E-state index in [2.05, 4.69) is 15.4 Å². The summed E-state index contributed by atoms with van der Waals surface area (Å²) in [5.74, 6) is -0.152. The second-order valence-corrected chi connectivity index (χ2v) is 6.29. The Morgan fingerprint density at radius 2 is 1.96 bits per heavy atom. The first-order chi connectivity index (χ1) is 13.1. The van der Waals surface area contributed by atoms with Crippen LogP contribution < -0.4 is 5.32 Å². The summed E-state index contributed by atoms with van der Waals surface area (Å²) < 4.78 is 15.7. The van der Waals surface area contributed by atoms with Crippen molar-refractivity contribution in [1.82, 2.24) is 14.6 Å². The van der Waals surface area contributed by atoms with E-state index >= 15 is 0 Å². The van der Waals surface area contributed by atoms with Gasteiger partial charge in [0.15, 0.2) is 11.5 Å². The Balaban J connectivity index is 1.74. The van der Waals surface area contributed by atoms with Crippen LogP contribution in [0.5, 0.6) is 0 Å². The van der Waals surface area contributed by atoms with Crippen LogP contribution in [-0.2, 0) is 11.2 Å². The molecule has 27 heavy (non-hydrogen) atoms. The van der Waals surface area contributed by atoms with Gasteiger partial charge in [-0.2, -0.15) is 0 Å². The molecule has 0 radical (unpaired) electrons. The fourth-order valence-corrected chi connectivity index (χ4v) is 2.95. The Morgan fingerprint density at radius 3 is 2.74 bits per heavy atom. The Morgan fingerprint density at radius 1 is 1.15 bits per heavy atom. The third-order valence-corrected chi connectivity index (χ3v) is 4.32. The van der Waals surface area contributed by atoms with E-state index < -0.39 is 0 Å². The first-order valence-corrected chi connectivity index (χ1v) is 8.55. The van der Waals surface area contributed by atoms with Crippen molar-refractivity contribution < 1.29 is 9.18 Å². The van der Waals surface area contributed by atoms with Crippen molar-refractivity contribution in [3.8, 4) is 11.1 Å². The molecule has 2 aromatic carbocycles. The first kappa shape index (κ1) is 16.9. The number of hydrogen-bond donors (Lipinski definition) is 1. The van der Waals surface area contributed by atoms with Crippen molar-refractivity contribution in [2.24, 2.45) is 0 Å². The van der Waals surface area contributed by atoms with Crippen LogP contribution in [0.4, 0.5) is 10.2 Å². The SMILES string of the molecule is Cc1ccc(-c2c(NC(=O)Cc3ccccc3)nn3cccnc23)cc1F. The minimum atomic E-state index is -0.315. The van der Waals surface area contributed by atoms with Gasteiger partial charge in [-0.3, -0.25) is 4.79 Å². The van der Waals surface area contributed by atoms with Crippen LogP contribution in [0, 0.1) is 12.7 Å². The summed E-state index contributed by atoms with van der Waals surface area (Å²) in [5.41, 5.74) is 3.21. The number of fused-ring (bicyclic) bond motifs is 1. The first-order valence-electron chi connectivity index (χ1n) is 8.55. The maximum atomic E-state index is 14.1. The van der Waals surface area contributed by atoms with E-state index in [1.807, 2.05) is 30.3 Å². The third-order valence-electron chi connectivity index (χ3n) is 4.32. The Hall–Kier alpha value is -3.54. The second kappa shape index (κ2) is 6.99. The number of hydrogen-bond acceptors (Lipinski definition) is 3. The number of halogens is 1. The fourth-order valence-electron chi connectivity index (χ4n) is 2.95. The molecule has 0 unspecified atom stereocenters. The number of benzene rings is 2. The molecule has 0 aliphatic rings. The highest BCUT2D eigenvalue weighted by Crippen LogP contribution is 2.32. The molecule has 0 saturated carbocycles. The van der Waals surface area contributed by atoms with Crippen LogP contribution in [0.25, 0.3) is 16.8 Å². The molecule has 0 fully saturated rings. The third kappa shape index (κ3) is 3.42. The number of aromatic nitrogens is 3. The molecule has 0 atom stereocenters. The molecule has 1 amide bonds. The van der Waals surface area contributed by atoms with Crippen LogP contribution in [-0.4, -0.2) is 20.5 Å². The van der Waals surface area contributed by atoms with Crippen LogP contribution in [0.2, 0.25) is 0 Å². The van der Waals surface area contributed by atoms with Crippen LogP contribution in [0.3, 0.4) is 0 Å². The molecule has 1 N–H and O–H groups in total. The topological polar surface area (TPSA) is 59.3 Å². The van der Waals surface area contributed by atoms with Crippen molar-refractivity contribution in [1.29, 1.82) is 0 Å². The predicted octanol–water partition coefficient (Wildman–Crippen LogP) is 4.03. The number of carbonyl (C=O) groups is 1. The molecule has 5 nitrogen and oxygen atoms in total. The smallest absolute Gasteiger partial charge is 0.230 e. The number of carbonyl (C=O) groups excluding carboxylic acids is 1. The lowest BCUT2D eigenvalue weighted by molar-refractivity contribution is -0.115. The summed E-state index contributed by atoms with van der Waals surface area (Å²) >= 11 is 0. The molecule has 134 valence electrons. The van der Waals surface area contributed by atoms with Gasteiger partial charge < -0.3 is 5.32 Å². The van der Waals surface area contributed by atoms with Gasteiger partial charge in [0.2, 0.25) is 5.91 Å². The van der Waals surface area contributed by atoms with Crippen molar-refractivity contribution in [3.05, 3.63) is 83.9 Å². The van der Waals surface area contributed by atoms with E-state index in [0.717, 1.165) is 5.56 Å². The summed E-state index contributed by atoms with van der Waals surface area (Å²) in [6.07, 6.45) is 3.60. The summed E-state index contributed by atoms with van der Waals surface area (Å²) in [7, 11) is 0. The van der Waals surface area contributed by atoms with E-state index in [0.29, 0.717) is 28.2 Å². The number of amides is 1. The average molecular weight is 360 g/mol. The fraction of sp³-hybridized carbons (Fsp3) is 0.0952. The van der Waals surface area contributed by atoms with E-state index in [4.69, 9.17) is 0 Å². The van der Waals surface area contributed by atoms with Gasteiger partial charge in [-0.25, -0.2) is 13.9 Å². The van der Waals surface area contributed by atoms with Gasteiger partial charge in [0.1, 0.15) is 5.82 Å². The van der Waals surface area contributed by atoms with E-state index in [1.54, 1.807) is 42.0 Å². The maximum Gasteiger partial charge on any atom is 0.230 e. The van der Waals surface area contributed by atoms with Gasteiger partial charge in [-0.05, 0) is 35.7 Å². The molecule has 0 aliphatic carbocycles. The molecular weight excluding hydrogens is 343 g/mol. The van der Waals surface area contributed by atoms with Gasteiger partial charge in [0, 0.05) is 12.4 Å². The average Bonchev–Trinajstić information content (AvgIpc) is 3.02. The molecule has 0 spiro atoms. The number of nitrogens with one attached hydrogen (secondary N) is 1. The predicted molar refractivity (Wildman–Crippen MR) is 102 cm³/mol. The molecule has 0 aliphatic heterocycles. The van der Waals surface area contributed by atoms with Gasteiger partial charge in [-0.15, -0.1) is 5.10 Å². The monoisotopic (exact) mass is 360 g/mol. The number of nitrogens with zero attached hydrogens (tertiary/aromatic N) is 3. The Bertz CT molecular complexity index is 1120. The molecule has 0 saturated heterocycles. The van der Waals surface area contributed by atoms with E-state index in [1.165, 1.54) is 6.07 Å². The molecular formula is C21H17FN4O. The molecule has 2 aromatic heterocycles. The lowest BCUT2D eigenvalue weighted by Crippen LogP contribution is -2.15. The molecule has 4 rings (SSSR count). The quantitative estimate of drug-likeness (QED) is 0.598. The van der Waals surface area contributed by atoms with E-state index in [9.17, 15) is 9.18 Å². The van der Waals surface area contributed by atoms with Crippen LogP contribution in [0.1, 0.15) is 11.1 Å². The standard InChI is InChI=1S/C21H17FN4O/c1-14-8-9-16(13-17(14)22)19-20(25-26-11-5-10-23-21(19)26)24-18(27)12-15-6-3-2-4-7-15/h2-11,13H,12H2,1H3,(H,24,25,27). The lowest BCUT2D eigenvalue weighted by atomic mass is 10.1. The van der Waals surface area contributed by atoms with Crippen molar-refractivity contribution in [2.45, 2.75) is 13.3 Å². The van der Waals surface area contributed by atoms with Gasteiger partial charge in [0.05, 0.1) is 12.0 Å². The molecule has 2 heterocycles. The van der Waals surface area contributed by atoms with Crippen LogP contribution >= 0.6 is 0 Å². The molecule has 4 aromatic rings. The minimum Gasteiger partial charge on any atom is -0.308 e. The van der Waals surface area contributed by atoms with Crippen molar-refractivity contribution in [3.63, 3.8) is 0 Å². The van der Waals surface area contributed by atoms with Gasteiger partial charge in [-0.1, -0.05) is 42.5 Å². The second-order valence-electron chi connectivity index (χ2n) is 6.29. The number of rotatable bonds is 4. The Kier molecular flexibility index (Phi) is 4.38. The zero-order chi connectivity index (χ0) is 18.8. The minimum absolute atomic E-state index is 0.196. The largest absolute Gasteiger partial charge is 0.308 e. The zero-order valence-electron chi connectivity index (χ0n) is 14.7. The lowest BCUT2D eigenvalue weighted by Gasteiger charge is -2.07. The van der Waals surface area contributed by atoms with E-state index in [-0.39, 0.29) is 18.1 Å². The number of anilines is 1. The summed E-state index contributed by atoms with van der Waals surface area (Å²) in [4.78, 5) is 16.9. The maximum absolute atomic E-state index is 14.1. The van der Waals surface area contributed by atoms with Crippen LogP contribution in [0.15, 0.2) is 67.0 Å². The van der Waals surface area contributed by atoms with Gasteiger partial charge >= 0.3 is 0 Å². The summed E-state index contributed by atoms with van der Waals surface area (Å²) in [6.45, 7) is 1.70. The summed E-state index contributed by atoms with van der Waals surface area (Å²) in [5, 5.41) is 7.27. The molecule has 0 bridgehead atoms. The van der Waals surface area contributed by atoms with Gasteiger partial charge in [0.25, 0.3) is 0 Å².